The van der Waals surface area contributed by atoms with Crippen molar-refractivity contribution in [1.82, 2.24) is 0 Å². The van der Waals surface area contributed by atoms with E-state index in [9.17, 15) is 10.2 Å². The maximum absolute atomic E-state index is 9.20. The fourth-order valence-electron chi connectivity index (χ4n) is 1.12. The van der Waals surface area contributed by atoms with Gasteiger partial charge in [0.15, 0.2) is 6.29 Å². The van der Waals surface area contributed by atoms with Gasteiger partial charge in [0.1, 0.15) is 18.3 Å². The van der Waals surface area contributed by atoms with Gasteiger partial charge in [-0.3, -0.25) is 0 Å². The Balaban J connectivity index is 0.000000791. The van der Waals surface area contributed by atoms with Crippen molar-refractivity contribution in [3.05, 3.63) is 0 Å². The topological polar surface area (TPSA) is 133 Å². The van der Waals surface area contributed by atoms with Crippen LogP contribution in [0.25, 0.3) is 0 Å². The summed E-state index contributed by atoms with van der Waals surface area (Å²) in [4.78, 5) is 0. The van der Waals surface area contributed by atoms with E-state index in [0.717, 1.165) is 0 Å². The summed E-state index contributed by atoms with van der Waals surface area (Å²) in [5.74, 6) is 0. The quantitative estimate of drug-likeness (QED) is 0.307. The van der Waals surface area contributed by atoms with Gasteiger partial charge in [0.2, 0.25) is 0 Å². The summed E-state index contributed by atoms with van der Waals surface area (Å²) in [6.45, 7) is -0.470. The van der Waals surface area contributed by atoms with Gasteiger partial charge in [-0.1, -0.05) is 0 Å². The molecular weight excluding hydrogens is 238 g/mol. The Kier molecular flexibility index (Phi) is 6.58. The molecule has 0 saturated carbocycles. The van der Waals surface area contributed by atoms with Crippen LogP contribution in [-0.4, -0.2) is 57.7 Å². The molecule has 1 aliphatic rings. The van der Waals surface area contributed by atoms with Crippen molar-refractivity contribution in [2.75, 3.05) is 6.61 Å². The summed E-state index contributed by atoms with van der Waals surface area (Å²) < 4.78 is 12.7. The Morgan fingerprint density at radius 2 is 1.71 bits per heavy atom. The second-order valence-corrected chi connectivity index (χ2v) is 2.81. The molecule has 0 aromatic carbocycles. The Morgan fingerprint density at radius 1 is 1.21 bits per heavy atom. The molecule has 1 unspecified atom stereocenters. The number of hydrogen-bond donors (Lipinski definition) is 5. The molecule has 0 bridgehead atoms. The maximum atomic E-state index is 9.20. The first-order chi connectivity index (χ1) is 6.57. The second kappa shape index (κ2) is 6.54. The van der Waals surface area contributed by atoms with E-state index < -0.39 is 37.3 Å². The molecule has 0 radical (unpaired) electrons. The van der Waals surface area contributed by atoms with Crippen LogP contribution < -0.4 is 5.73 Å². The summed E-state index contributed by atoms with van der Waals surface area (Å²) in [5, 5.41) is 36.1. The second-order valence-electron chi connectivity index (χ2n) is 2.81. The van der Waals surface area contributed by atoms with Gasteiger partial charge in [0.25, 0.3) is 0 Å². The van der Waals surface area contributed by atoms with Crippen LogP contribution in [0.1, 0.15) is 0 Å². The fraction of sp³-hybridized carbons (Fsp3) is 1.00. The van der Waals surface area contributed by atoms with Crippen LogP contribution in [0, 0.1) is 0 Å². The predicted octanol–water partition coefficient (Wildman–Crippen LogP) is -3.38. The third-order valence-corrected chi connectivity index (χ3v) is 1.95. The van der Waals surface area contributed by atoms with E-state index in [-0.39, 0.29) is 0 Å². The standard InChI is InChI=1S/C6H13NO5.Fe.O/c7-3-5(10)4(9)2(1-8)12-6(3)11;;/h2-6,8-11H,1,7H2;;/t2-,3-,4-,5-,6?;;/m1../s1. The van der Waals surface area contributed by atoms with Crippen molar-refractivity contribution in [3.8, 4) is 0 Å². The number of rotatable bonds is 1. The molecule has 14 heavy (non-hydrogen) atoms. The number of ether oxygens (including phenoxy) is 1. The van der Waals surface area contributed by atoms with Crippen LogP contribution in [0.3, 0.4) is 0 Å². The molecule has 1 heterocycles. The van der Waals surface area contributed by atoms with Crippen LogP contribution in [0.4, 0.5) is 0 Å². The fourth-order valence-corrected chi connectivity index (χ4v) is 1.12. The number of nitrogens with two attached hydrogens (primary N) is 1. The molecule has 1 fully saturated rings. The van der Waals surface area contributed by atoms with Gasteiger partial charge in [-0.2, -0.15) is 0 Å². The van der Waals surface area contributed by atoms with Gasteiger partial charge >= 0.3 is 19.8 Å². The molecule has 0 amide bonds. The van der Waals surface area contributed by atoms with Crippen molar-refractivity contribution < 1.29 is 44.9 Å². The predicted molar refractivity (Wildman–Crippen MR) is 38.6 cm³/mol. The molecule has 1 saturated heterocycles. The molecule has 1 aliphatic heterocycles. The van der Waals surface area contributed by atoms with E-state index in [1.807, 2.05) is 15.9 Å². The van der Waals surface area contributed by atoms with Crippen molar-refractivity contribution in [1.29, 1.82) is 0 Å². The number of aliphatic hydroxyl groups is 4. The van der Waals surface area contributed by atoms with Crippen LogP contribution in [-0.2, 0) is 24.5 Å². The average molecular weight is 251 g/mol. The molecule has 0 aliphatic carbocycles. The van der Waals surface area contributed by atoms with E-state index in [4.69, 9.17) is 24.5 Å². The zero-order valence-corrected chi connectivity index (χ0v) is 8.23. The van der Waals surface area contributed by atoms with Crippen molar-refractivity contribution >= 4 is 0 Å². The Hall–Kier alpha value is 0.0795. The Morgan fingerprint density at radius 3 is 2.14 bits per heavy atom. The summed E-state index contributed by atoms with van der Waals surface area (Å²) >= 11 is 2.00. The van der Waals surface area contributed by atoms with Crippen molar-refractivity contribution in [2.45, 2.75) is 30.6 Å². The molecule has 1 rings (SSSR count). The van der Waals surface area contributed by atoms with Gasteiger partial charge in [0.05, 0.1) is 12.6 Å². The van der Waals surface area contributed by atoms with Crippen molar-refractivity contribution in [2.24, 2.45) is 5.73 Å². The van der Waals surface area contributed by atoms with Crippen LogP contribution in [0.2, 0.25) is 0 Å². The van der Waals surface area contributed by atoms with E-state index in [0.29, 0.717) is 0 Å². The van der Waals surface area contributed by atoms with Gasteiger partial charge in [-0.15, -0.1) is 0 Å². The molecule has 6 N–H and O–H groups in total. The van der Waals surface area contributed by atoms with E-state index in [1.165, 1.54) is 0 Å². The summed E-state index contributed by atoms with van der Waals surface area (Å²) in [5.41, 5.74) is 5.26. The molecule has 0 spiro atoms. The first-order valence-electron chi connectivity index (χ1n) is 3.78. The van der Waals surface area contributed by atoms with Gasteiger partial charge in [-0.05, 0) is 0 Å². The van der Waals surface area contributed by atoms with Gasteiger partial charge in [-0.25, -0.2) is 0 Å². The van der Waals surface area contributed by atoms with Crippen LogP contribution in [0.15, 0.2) is 0 Å². The summed E-state index contributed by atoms with van der Waals surface area (Å²) in [7, 11) is 0. The Bertz CT molecular complexity index is 168. The summed E-state index contributed by atoms with van der Waals surface area (Å²) in [6, 6.07) is -1.04. The molecular formula is C6H13FeNO6. The third-order valence-electron chi connectivity index (χ3n) is 1.95. The zero-order chi connectivity index (χ0) is 11.3. The van der Waals surface area contributed by atoms with Crippen LogP contribution in [0.5, 0.6) is 0 Å². The molecule has 8 heteroatoms. The van der Waals surface area contributed by atoms with Gasteiger partial charge < -0.3 is 30.9 Å². The monoisotopic (exact) mass is 251 g/mol. The Labute approximate surface area is 88.5 Å². The van der Waals surface area contributed by atoms with E-state index >= 15 is 0 Å². The SMILES string of the molecule is N[C@H]1C(O)O[C@H](CO)[C@@H](O)[C@@H]1O.[O]=[Fe]. The first-order valence-corrected chi connectivity index (χ1v) is 4.23. The average Bonchev–Trinajstić information content (AvgIpc) is 2.23. The summed E-state index contributed by atoms with van der Waals surface area (Å²) in [6.07, 6.45) is -4.85. The number of aliphatic hydroxyl groups excluding tert-OH is 4. The first kappa shape index (κ1) is 14.1. The minimum atomic E-state index is -1.35. The van der Waals surface area contributed by atoms with E-state index in [2.05, 4.69) is 0 Å². The van der Waals surface area contributed by atoms with Gasteiger partial charge in [0, 0.05) is 0 Å². The zero-order valence-electron chi connectivity index (χ0n) is 7.13. The molecule has 7 nitrogen and oxygen atoms in total. The van der Waals surface area contributed by atoms with E-state index in [1.54, 1.807) is 0 Å². The molecule has 0 aromatic rings. The van der Waals surface area contributed by atoms with Crippen molar-refractivity contribution in [3.63, 3.8) is 0 Å². The molecule has 86 valence electrons. The molecule has 5 atom stereocenters. The third kappa shape index (κ3) is 3.04. The normalized spacial score (nSPS) is 42.6. The van der Waals surface area contributed by atoms with Crippen LogP contribution >= 0.6 is 0 Å². The number of hydrogen-bond acceptors (Lipinski definition) is 7. The molecule has 0 aromatic heterocycles. The minimum absolute atomic E-state index is 0.470.